The van der Waals surface area contributed by atoms with Crippen molar-refractivity contribution in [3.63, 3.8) is 0 Å². The van der Waals surface area contributed by atoms with Gasteiger partial charge in [-0.25, -0.2) is 0 Å². The van der Waals surface area contributed by atoms with Gasteiger partial charge in [-0.3, -0.25) is 0 Å². The van der Waals surface area contributed by atoms with E-state index >= 15 is 0 Å². The van der Waals surface area contributed by atoms with Gasteiger partial charge in [-0.1, -0.05) is 26.7 Å². The third kappa shape index (κ3) is 7.36. The highest BCUT2D eigenvalue weighted by molar-refractivity contribution is 4.91. The predicted molar refractivity (Wildman–Crippen MR) is 71.6 cm³/mol. The lowest BCUT2D eigenvalue weighted by Crippen LogP contribution is -2.33. The molecule has 0 heterocycles. The van der Waals surface area contributed by atoms with Crippen LogP contribution in [0.1, 0.15) is 53.4 Å². The summed E-state index contributed by atoms with van der Waals surface area (Å²) in [4.78, 5) is 0. The van der Waals surface area contributed by atoms with Gasteiger partial charge in [0.05, 0.1) is 17.6 Å². The normalized spacial score (nSPS) is 13.7. The van der Waals surface area contributed by atoms with Gasteiger partial charge < -0.3 is 10.4 Å². The third-order valence-electron chi connectivity index (χ3n) is 3.40. The standard InChI is InChI=1S/C14H28N2O/c1-5-12(6-2)13(17)10-16-9-7-8-14(3,4)11-15/h12-13,16-17H,5-10H2,1-4H3. The van der Waals surface area contributed by atoms with Crippen molar-refractivity contribution in [2.45, 2.75) is 59.5 Å². The van der Waals surface area contributed by atoms with Gasteiger partial charge in [0.25, 0.3) is 0 Å². The Morgan fingerprint density at radius 2 is 1.88 bits per heavy atom. The van der Waals surface area contributed by atoms with Crippen LogP contribution in [-0.4, -0.2) is 24.3 Å². The Kier molecular flexibility index (Phi) is 8.20. The van der Waals surface area contributed by atoms with Crippen LogP contribution in [0.2, 0.25) is 0 Å². The molecule has 0 aliphatic rings. The van der Waals surface area contributed by atoms with Gasteiger partial charge in [0.1, 0.15) is 0 Å². The summed E-state index contributed by atoms with van der Waals surface area (Å²) in [5.41, 5.74) is -0.227. The second kappa shape index (κ2) is 8.49. The number of rotatable bonds is 9. The number of aliphatic hydroxyl groups is 1. The van der Waals surface area contributed by atoms with Crippen molar-refractivity contribution >= 4 is 0 Å². The molecular formula is C14H28N2O. The molecule has 0 radical (unpaired) electrons. The summed E-state index contributed by atoms with van der Waals surface area (Å²) in [7, 11) is 0. The van der Waals surface area contributed by atoms with Crippen LogP contribution in [0.25, 0.3) is 0 Å². The summed E-state index contributed by atoms with van der Waals surface area (Å²) in [6.45, 7) is 9.71. The molecule has 0 rings (SSSR count). The number of aliphatic hydroxyl groups excluding tert-OH is 1. The lowest BCUT2D eigenvalue weighted by atomic mass is 9.90. The van der Waals surface area contributed by atoms with Crippen molar-refractivity contribution in [2.75, 3.05) is 13.1 Å². The van der Waals surface area contributed by atoms with E-state index in [1.54, 1.807) is 0 Å². The molecule has 3 nitrogen and oxygen atoms in total. The Bertz CT molecular complexity index is 229. The zero-order valence-corrected chi connectivity index (χ0v) is 11.8. The molecule has 0 fully saturated rings. The fourth-order valence-electron chi connectivity index (χ4n) is 1.96. The molecule has 1 unspecified atom stereocenters. The first-order valence-electron chi connectivity index (χ1n) is 6.76. The van der Waals surface area contributed by atoms with Crippen LogP contribution in [0.4, 0.5) is 0 Å². The van der Waals surface area contributed by atoms with Crippen LogP contribution < -0.4 is 5.32 Å². The molecule has 0 aliphatic heterocycles. The second-order valence-corrected chi connectivity index (χ2v) is 5.45. The predicted octanol–water partition coefficient (Wildman–Crippen LogP) is 2.70. The van der Waals surface area contributed by atoms with Crippen molar-refractivity contribution in [2.24, 2.45) is 11.3 Å². The third-order valence-corrected chi connectivity index (χ3v) is 3.40. The SMILES string of the molecule is CCC(CC)C(O)CNCCCC(C)(C)C#N. The van der Waals surface area contributed by atoms with E-state index in [1.165, 1.54) is 0 Å². The van der Waals surface area contributed by atoms with Crippen molar-refractivity contribution < 1.29 is 5.11 Å². The van der Waals surface area contributed by atoms with Crippen molar-refractivity contribution in [3.8, 4) is 6.07 Å². The Hall–Kier alpha value is -0.590. The molecule has 0 bridgehead atoms. The summed E-state index contributed by atoms with van der Waals surface area (Å²) in [5.74, 6) is 0.401. The second-order valence-electron chi connectivity index (χ2n) is 5.45. The van der Waals surface area contributed by atoms with Crippen LogP contribution in [0, 0.1) is 22.7 Å². The maximum absolute atomic E-state index is 9.90. The molecule has 0 spiro atoms. The number of nitrogens with one attached hydrogen (secondary N) is 1. The molecule has 0 aromatic heterocycles. The number of nitrogens with zero attached hydrogens (tertiary/aromatic N) is 1. The minimum atomic E-state index is -0.242. The number of hydrogen-bond acceptors (Lipinski definition) is 3. The minimum Gasteiger partial charge on any atom is -0.392 e. The maximum Gasteiger partial charge on any atom is 0.0692 e. The van der Waals surface area contributed by atoms with Gasteiger partial charge in [-0.15, -0.1) is 0 Å². The average Bonchev–Trinajstić information content (AvgIpc) is 2.30. The van der Waals surface area contributed by atoms with E-state index in [4.69, 9.17) is 5.26 Å². The van der Waals surface area contributed by atoms with Crippen LogP contribution >= 0.6 is 0 Å². The first-order chi connectivity index (χ1) is 7.96. The zero-order valence-electron chi connectivity index (χ0n) is 11.8. The largest absolute Gasteiger partial charge is 0.392 e. The Balaban J connectivity index is 3.62. The van der Waals surface area contributed by atoms with E-state index in [9.17, 15) is 5.11 Å². The first kappa shape index (κ1) is 16.4. The van der Waals surface area contributed by atoms with Crippen molar-refractivity contribution in [1.82, 2.24) is 5.32 Å². The summed E-state index contributed by atoms with van der Waals surface area (Å²) >= 11 is 0. The van der Waals surface area contributed by atoms with Gasteiger partial charge in [0.15, 0.2) is 0 Å². The maximum atomic E-state index is 9.90. The minimum absolute atomic E-state index is 0.227. The van der Waals surface area contributed by atoms with Crippen LogP contribution in [0.15, 0.2) is 0 Å². The summed E-state index contributed by atoms with van der Waals surface area (Å²) in [5, 5.41) is 22.0. The van der Waals surface area contributed by atoms with E-state index in [1.807, 2.05) is 13.8 Å². The molecule has 1 atom stereocenters. The van der Waals surface area contributed by atoms with Crippen molar-refractivity contribution in [3.05, 3.63) is 0 Å². The molecule has 3 heteroatoms. The topological polar surface area (TPSA) is 56.0 Å². The fourth-order valence-corrected chi connectivity index (χ4v) is 1.96. The fraction of sp³-hybridized carbons (Fsp3) is 0.929. The molecule has 0 amide bonds. The van der Waals surface area contributed by atoms with E-state index in [-0.39, 0.29) is 11.5 Å². The molecule has 0 saturated heterocycles. The van der Waals surface area contributed by atoms with Gasteiger partial charge in [0, 0.05) is 6.54 Å². The van der Waals surface area contributed by atoms with E-state index in [0.717, 1.165) is 32.2 Å². The highest BCUT2D eigenvalue weighted by atomic mass is 16.3. The summed E-state index contributed by atoms with van der Waals surface area (Å²) in [6.07, 6.45) is 3.70. The van der Waals surface area contributed by atoms with E-state index in [2.05, 4.69) is 25.2 Å². The molecule has 17 heavy (non-hydrogen) atoms. The molecule has 2 N–H and O–H groups in total. The zero-order chi connectivity index (χ0) is 13.3. The monoisotopic (exact) mass is 240 g/mol. The molecule has 0 aromatic rings. The Labute approximate surface area is 106 Å². The van der Waals surface area contributed by atoms with E-state index < -0.39 is 0 Å². The van der Waals surface area contributed by atoms with Gasteiger partial charge in [-0.05, 0) is 39.2 Å². The number of hydrogen-bond donors (Lipinski definition) is 2. The quantitative estimate of drug-likeness (QED) is 0.609. The molecular weight excluding hydrogens is 212 g/mol. The van der Waals surface area contributed by atoms with Gasteiger partial charge in [-0.2, -0.15) is 5.26 Å². The lowest BCUT2D eigenvalue weighted by Gasteiger charge is -2.21. The molecule has 0 saturated carbocycles. The Morgan fingerprint density at radius 3 is 2.35 bits per heavy atom. The molecule has 0 aliphatic carbocycles. The summed E-state index contributed by atoms with van der Waals surface area (Å²) in [6, 6.07) is 2.30. The Morgan fingerprint density at radius 1 is 1.29 bits per heavy atom. The average molecular weight is 240 g/mol. The lowest BCUT2D eigenvalue weighted by molar-refractivity contribution is 0.101. The van der Waals surface area contributed by atoms with Crippen molar-refractivity contribution in [1.29, 1.82) is 5.26 Å². The first-order valence-corrected chi connectivity index (χ1v) is 6.76. The van der Waals surface area contributed by atoms with E-state index in [0.29, 0.717) is 12.5 Å². The number of nitriles is 1. The van der Waals surface area contributed by atoms with Gasteiger partial charge >= 0.3 is 0 Å². The highest BCUT2D eigenvalue weighted by Crippen LogP contribution is 2.20. The van der Waals surface area contributed by atoms with Crippen LogP contribution in [0.3, 0.4) is 0 Å². The van der Waals surface area contributed by atoms with Crippen LogP contribution in [-0.2, 0) is 0 Å². The molecule has 0 aromatic carbocycles. The summed E-state index contributed by atoms with van der Waals surface area (Å²) < 4.78 is 0. The smallest absolute Gasteiger partial charge is 0.0692 e. The highest BCUT2D eigenvalue weighted by Gasteiger charge is 2.16. The van der Waals surface area contributed by atoms with Gasteiger partial charge in [0.2, 0.25) is 0 Å². The molecule has 100 valence electrons. The van der Waals surface area contributed by atoms with Crippen LogP contribution in [0.5, 0.6) is 0 Å².